The molecule has 2 aliphatic rings. The van der Waals surface area contributed by atoms with Gasteiger partial charge in [0.05, 0.1) is 6.54 Å². The highest BCUT2D eigenvalue weighted by Gasteiger charge is 2.33. The Bertz CT molecular complexity index is 473. The number of carbonyl (C=O) groups is 1. The molecular weight excluding hydrogens is 260 g/mol. The first-order chi connectivity index (χ1) is 10.2. The molecule has 114 valence electrons. The van der Waals surface area contributed by atoms with Gasteiger partial charge in [-0.1, -0.05) is 36.8 Å². The number of carbonyl (C=O) groups excluding carboxylic acids is 1. The molecule has 3 rings (SSSR count). The Labute approximate surface area is 127 Å². The molecular formula is C18H26N2O. The summed E-state index contributed by atoms with van der Waals surface area (Å²) in [6.45, 7) is 6.33. The van der Waals surface area contributed by atoms with Gasteiger partial charge >= 0.3 is 0 Å². The molecule has 0 amide bonds. The number of Topliss-reactive ketones (excluding diaryl/α,β-unsaturated/α-hetero) is 1. The van der Waals surface area contributed by atoms with E-state index in [1.807, 2.05) is 30.3 Å². The van der Waals surface area contributed by atoms with E-state index in [0.717, 1.165) is 18.7 Å². The second-order valence-electron chi connectivity index (χ2n) is 6.62. The van der Waals surface area contributed by atoms with Crippen LogP contribution in [0.4, 0.5) is 0 Å². The summed E-state index contributed by atoms with van der Waals surface area (Å²) < 4.78 is 0. The number of ketones is 1. The predicted octanol–water partition coefficient (Wildman–Crippen LogP) is 2.36. The maximum Gasteiger partial charge on any atom is 0.151 e. The van der Waals surface area contributed by atoms with E-state index in [1.165, 1.54) is 25.8 Å². The van der Waals surface area contributed by atoms with Crippen LogP contribution in [0.2, 0.25) is 0 Å². The summed E-state index contributed by atoms with van der Waals surface area (Å²) in [6.07, 6.45) is 4.56. The molecule has 2 unspecified atom stereocenters. The molecule has 1 aromatic carbocycles. The van der Waals surface area contributed by atoms with Gasteiger partial charge in [-0.3, -0.25) is 14.6 Å². The Morgan fingerprint density at radius 3 is 2.81 bits per heavy atom. The molecule has 0 radical (unpaired) electrons. The fraction of sp³-hybridized carbons (Fsp3) is 0.611. The lowest BCUT2D eigenvalue weighted by Crippen LogP contribution is -2.59. The minimum Gasteiger partial charge on any atom is -0.298 e. The number of nitrogens with zero attached hydrogens (tertiary/aromatic N) is 2. The number of hydrogen-bond donors (Lipinski definition) is 0. The van der Waals surface area contributed by atoms with E-state index in [9.17, 15) is 4.79 Å². The Morgan fingerprint density at radius 2 is 2.00 bits per heavy atom. The average Bonchev–Trinajstić information content (AvgIpc) is 2.49. The fourth-order valence-electron chi connectivity index (χ4n) is 3.74. The standard InChI is InChI=1S/C18H26N2O/c1-15-12-19-10-6-5-9-17(19)13-20(15)14-18(21)11-16-7-3-2-4-8-16/h2-4,7-8,15,17H,5-6,9-14H2,1H3. The number of rotatable bonds is 4. The zero-order valence-corrected chi connectivity index (χ0v) is 13.0. The molecule has 2 aliphatic heterocycles. The molecule has 0 bridgehead atoms. The molecule has 3 nitrogen and oxygen atoms in total. The summed E-state index contributed by atoms with van der Waals surface area (Å²) in [5.41, 5.74) is 1.13. The molecule has 2 fully saturated rings. The monoisotopic (exact) mass is 286 g/mol. The zero-order chi connectivity index (χ0) is 14.7. The van der Waals surface area contributed by atoms with Crippen molar-refractivity contribution in [2.24, 2.45) is 0 Å². The fourth-order valence-corrected chi connectivity index (χ4v) is 3.74. The van der Waals surface area contributed by atoms with E-state index in [0.29, 0.717) is 30.8 Å². The third-order valence-electron chi connectivity index (χ3n) is 4.94. The predicted molar refractivity (Wildman–Crippen MR) is 85.4 cm³/mol. The van der Waals surface area contributed by atoms with Gasteiger partial charge in [0.1, 0.15) is 0 Å². The van der Waals surface area contributed by atoms with Crippen LogP contribution >= 0.6 is 0 Å². The van der Waals surface area contributed by atoms with Crippen LogP contribution in [0.1, 0.15) is 31.7 Å². The highest BCUT2D eigenvalue weighted by atomic mass is 16.1. The lowest BCUT2D eigenvalue weighted by atomic mass is 9.96. The summed E-state index contributed by atoms with van der Waals surface area (Å²) in [4.78, 5) is 17.4. The second kappa shape index (κ2) is 6.71. The molecule has 3 heteroatoms. The van der Waals surface area contributed by atoms with Crippen LogP contribution in [0.15, 0.2) is 30.3 Å². The van der Waals surface area contributed by atoms with Crippen molar-refractivity contribution in [3.8, 4) is 0 Å². The van der Waals surface area contributed by atoms with Crippen LogP contribution in [-0.2, 0) is 11.2 Å². The first-order valence-electron chi connectivity index (χ1n) is 8.26. The van der Waals surface area contributed by atoms with E-state index in [1.54, 1.807) is 0 Å². The minimum atomic E-state index is 0.345. The van der Waals surface area contributed by atoms with E-state index >= 15 is 0 Å². The van der Waals surface area contributed by atoms with Gasteiger partial charge in [-0.25, -0.2) is 0 Å². The van der Waals surface area contributed by atoms with Crippen molar-refractivity contribution in [2.45, 2.75) is 44.7 Å². The SMILES string of the molecule is CC1CN2CCCCC2CN1CC(=O)Cc1ccccc1. The molecule has 0 aliphatic carbocycles. The van der Waals surface area contributed by atoms with Crippen LogP contribution in [0.5, 0.6) is 0 Å². The lowest BCUT2D eigenvalue weighted by molar-refractivity contribution is -0.121. The Hall–Kier alpha value is -1.19. The van der Waals surface area contributed by atoms with Crippen molar-refractivity contribution in [3.05, 3.63) is 35.9 Å². The van der Waals surface area contributed by atoms with Gasteiger partial charge in [0, 0.05) is 31.6 Å². The molecule has 21 heavy (non-hydrogen) atoms. The van der Waals surface area contributed by atoms with Crippen LogP contribution in [0, 0.1) is 0 Å². The van der Waals surface area contributed by atoms with Crippen LogP contribution in [0.25, 0.3) is 0 Å². The smallest absolute Gasteiger partial charge is 0.151 e. The summed E-state index contributed by atoms with van der Waals surface area (Å²) in [6, 6.07) is 11.3. The largest absolute Gasteiger partial charge is 0.298 e. The molecule has 2 atom stereocenters. The summed E-state index contributed by atoms with van der Waals surface area (Å²) in [5.74, 6) is 0.345. The van der Waals surface area contributed by atoms with Crippen LogP contribution in [0.3, 0.4) is 0 Å². The maximum atomic E-state index is 12.3. The average molecular weight is 286 g/mol. The van der Waals surface area contributed by atoms with Crippen molar-refractivity contribution in [2.75, 3.05) is 26.2 Å². The number of piperidine rings is 1. The van der Waals surface area contributed by atoms with Gasteiger partial charge in [0.25, 0.3) is 0 Å². The van der Waals surface area contributed by atoms with Gasteiger partial charge < -0.3 is 0 Å². The first-order valence-corrected chi connectivity index (χ1v) is 8.26. The van der Waals surface area contributed by atoms with Crippen LogP contribution in [-0.4, -0.2) is 53.8 Å². The Balaban J connectivity index is 1.55. The maximum absolute atomic E-state index is 12.3. The normalized spacial score (nSPS) is 27.3. The second-order valence-corrected chi connectivity index (χ2v) is 6.62. The number of fused-ring (bicyclic) bond motifs is 1. The van der Waals surface area contributed by atoms with Gasteiger partial charge in [0.2, 0.25) is 0 Å². The molecule has 0 spiro atoms. The summed E-state index contributed by atoms with van der Waals surface area (Å²) in [7, 11) is 0. The zero-order valence-electron chi connectivity index (χ0n) is 13.0. The minimum absolute atomic E-state index is 0.345. The van der Waals surface area contributed by atoms with Crippen molar-refractivity contribution in [1.29, 1.82) is 0 Å². The van der Waals surface area contributed by atoms with E-state index in [-0.39, 0.29) is 0 Å². The third-order valence-corrected chi connectivity index (χ3v) is 4.94. The Morgan fingerprint density at radius 1 is 1.19 bits per heavy atom. The lowest BCUT2D eigenvalue weighted by Gasteiger charge is -2.47. The van der Waals surface area contributed by atoms with Gasteiger partial charge in [-0.05, 0) is 31.9 Å². The first kappa shape index (κ1) is 14.7. The van der Waals surface area contributed by atoms with Crippen molar-refractivity contribution in [3.63, 3.8) is 0 Å². The quantitative estimate of drug-likeness (QED) is 0.849. The summed E-state index contributed by atoms with van der Waals surface area (Å²) >= 11 is 0. The highest BCUT2D eigenvalue weighted by Crippen LogP contribution is 2.23. The molecule has 2 saturated heterocycles. The van der Waals surface area contributed by atoms with Crippen molar-refractivity contribution in [1.82, 2.24) is 9.80 Å². The molecule has 2 heterocycles. The number of hydrogen-bond acceptors (Lipinski definition) is 3. The highest BCUT2D eigenvalue weighted by molar-refractivity contribution is 5.82. The van der Waals surface area contributed by atoms with Gasteiger partial charge in [-0.2, -0.15) is 0 Å². The summed E-state index contributed by atoms with van der Waals surface area (Å²) in [5, 5.41) is 0. The van der Waals surface area contributed by atoms with E-state index in [4.69, 9.17) is 0 Å². The van der Waals surface area contributed by atoms with Gasteiger partial charge in [0.15, 0.2) is 5.78 Å². The number of benzene rings is 1. The molecule has 0 saturated carbocycles. The van der Waals surface area contributed by atoms with Crippen molar-refractivity contribution >= 4 is 5.78 Å². The Kier molecular flexibility index (Phi) is 4.71. The molecule has 0 N–H and O–H groups in total. The molecule has 1 aromatic rings. The van der Waals surface area contributed by atoms with Crippen LogP contribution < -0.4 is 0 Å². The van der Waals surface area contributed by atoms with E-state index < -0.39 is 0 Å². The topological polar surface area (TPSA) is 23.6 Å². The van der Waals surface area contributed by atoms with E-state index in [2.05, 4.69) is 16.7 Å². The van der Waals surface area contributed by atoms with Crippen molar-refractivity contribution < 1.29 is 4.79 Å². The number of piperazine rings is 1. The third kappa shape index (κ3) is 3.72. The van der Waals surface area contributed by atoms with Gasteiger partial charge in [-0.15, -0.1) is 0 Å². The molecule has 0 aromatic heterocycles.